The molecule has 7 heteroatoms. The highest BCUT2D eigenvalue weighted by Gasteiger charge is 2.48. The van der Waals surface area contributed by atoms with Gasteiger partial charge in [-0.05, 0) is 48.7 Å². The molecule has 1 aliphatic heterocycles. The number of carbonyl (C=O) groups excluding carboxylic acids is 2. The topological polar surface area (TPSA) is 70.5 Å². The van der Waals surface area contributed by atoms with Gasteiger partial charge in [-0.3, -0.25) is 14.5 Å². The van der Waals surface area contributed by atoms with Crippen LogP contribution in [0.3, 0.4) is 0 Å². The van der Waals surface area contributed by atoms with Crippen molar-refractivity contribution in [2.45, 2.75) is 19.9 Å². The molecule has 0 radical (unpaired) electrons. The Morgan fingerprint density at radius 2 is 1.73 bits per heavy atom. The summed E-state index contributed by atoms with van der Waals surface area (Å²) in [7, 11) is 0. The van der Waals surface area contributed by atoms with Crippen LogP contribution >= 0.6 is 11.3 Å². The van der Waals surface area contributed by atoms with E-state index >= 15 is 0 Å². The third-order valence-corrected chi connectivity index (χ3v) is 6.70. The minimum Gasteiger partial charge on any atom is -0.507 e. The maximum Gasteiger partial charge on any atom is 0.301 e. The highest BCUT2D eigenvalue weighted by atomic mass is 32.1. The van der Waals surface area contributed by atoms with E-state index in [0.29, 0.717) is 16.3 Å². The van der Waals surface area contributed by atoms with Crippen molar-refractivity contribution < 1.29 is 19.1 Å². The van der Waals surface area contributed by atoms with Gasteiger partial charge in [-0.1, -0.05) is 59.9 Å². The molecule has 0 aliphatic carbocycles. The van der Waals surface area contributed by atoms with Crippen molar-refractivity contribution in [1.82, 2.24) is 4.98 Å². The number of amides is 1. The summed E-state index contributed by atoms with van der Waals surface area (Å²) in [6, 6.07) is 17.2. The second kappa shape index (κ2) is 7.94. The lowest BCUT2D eigenvalue weighted by molar-refractivity contribution is -0.132. The first kappa shape index (κ1) is 21.0. The van der Waals surface area contributed by atoms with E-state index in [0.717, 1.165) is 21.3 Å². The van der Waals surface area contributed by atoms with Gasteiger partial charge in [0, 0.05) is 5.56 Å². The number of aliphatic hydroxyl groups excluding tert-OH is 1. The zero-order valence-corrected chi connectivity index (χ0v) is 18.7. The summed E-state index contributed by atoms with van der Waals surface area (Å²) in [5, 5.41) is 11.4. The predicted octanol–water partition coefficient (Wildman–Crippen LogP) is 5.68. The van der Waals surface area contributed by atoms with Crippen LogP contribution in [0.15, 0.2) is 72.3 Å². The summed E-state index contributed by atoms with van der Waals surface area (Å²) in [4.78, 5) is 32.4. The van der Waals surface area contributed by atoms with E-state index in [1.807, 2.05) is 26.0 Å². The first-order chi connectivity index (χ1) is 15.8. The Balaban J connectivity index is 1.75. The van der Waals surface area contributed by atoms with Crippen molar-refractivity contribution in [3.05, 3.63) is 100 Å². The largest absolute Gasteiger partial charge is 0.507 e. The van der Waals surface area contributed by atoms with Crippen molar-refractivity contribution in [3.8, 4) is 0 Å². The quantitative estimate of drug-likeness (QED) is 0.244. The Morgan fingerprint density at radius 1 is 1.03 bits per heavy atom. The summed E-state index contributed by atoms with van der Waals surface area (Å²) in [5.74, 6) is -2.31. The van der Waals surface area contributed by atoms with E-state index in [4.69, 9.17) is 0 Å². The number of aliphatic hydroxyl groups is 1. The molecule has 0 unspecified atom stereocenters. The lowest BCUT2D eigenvalue weighted by Gasteiger charge is -2.23. The smallest absolute Gasteiger partial charge is 0.301 e. The van der Waals surface area contributed by atoms with Crippen molar-refractivity contribution >= 4 is 44.1 Å². The van der Waals surface area contributed by atoms with Crippen LogP contribution in [0.5, 0.6) is 0 Å². The van der Waals surface area contributed by atoms with Gasteiger partial charge in [-0.15, -0.1) is 0 Å². The maximum absolute atomic E-state index is 13.7. The van der Waals surface area contributed by atoms with Crippen LogP contribution < -0.4 is 4.90 Å². The van der Waals surface area contributed by atoms with Gasteiger partial charge < -0.3 is 5.11 Å². The summed E-state index contributed by atoms with van der Waals surface area (Å²) in [6.07, 6.45) is 0. The second-order valence-corrected chi connectivity index (χ2v) is 9.02. The fourth-order valence-electron chi connectivity index (χ4n) is 4.20. The van der Waals surface area contributed by atoms with Crippen molar-refractivity contribution in [2.24, 2.45) is 0 Å². The van der Waals surface area contributed by atoms with Gasteiger partial charge >= 0.3 is 5.91 Å². The average Bonchev–Trinajstić information content (AvgIpc) is 3.33. The average molecular weight is 459 g/mol. The summed E-state index contributed by atoms with van der Waals surface area (Å²) in [6.45, 7) is 3.93. The molecule has 1 atom stereocenters. The molecular formula is C26H19FN2O3S. The third-order valence-electron chi connectivity index (χ3n) is 5.70. The minimum absolute atomic E-state index is 0.0510. The van der Waals surface area contributed by atoms with Crippen LogP contribution in [0, 0.1) is 19.7 Å². The molecule has 5 nitrogen and oxygen atoms in total. The Kier molecular flexibility index (Phi) is 5.06. The molecule has 5 rings (SSSR count). The monoisotopic (exact) mass is 458 g/mol. The number of thiazole rings is 1. The number of rotatable bonds is 3. The molecule has 1 aromatic heterocycles. The van der Waals surface area contributed by atoms with E-state index in [1.54, 1.807) is 30.3 Å². The van der Waals surface area contributed by atoms with Crippen molar-refractivity contribution in [1.29, 1.82) is 0 Å². The number of anilines is 1. The van der Waals surface area contributed by atoms with Crippen LogP contribution in [0.4, 0.5) is 9.52 Å². The first-order valence-corrected chi connectivity index (χ1v) is 11.2. The van der Waals surface area contributed by atoms with E-state index < -0.39 is 23.5 Å². The van der Waals surface area contributed by atoms with E-state index in [-0.39, 0.29) is 11.3 Å². The number of hydrogen-bond acceptors (Lipinski definition) is 5. The number of halogens is 1. The Hall–Kier alpha value is -3.84. The van der Waals surface area contributed by atoms with Crippen LogP contribution in [0.2, 0.25) is 0 Å². The molecule has 3 aromatic carbocycles. The van der Waals surface area contributed by atoms with Gasteiger partial charge in [0.05, 0.1) is 21.8 Å². The van der Waals surface area contributed by atoms with Crippen LogP contribution in [0.25, 0.3) is 16.0 Å². The lowest BCUT2D eigenvalue weighted by Crippen LogP contribution is -2.29. The fourth-order valence-corrected chi connectivity index (χ4v) is 5.37. The standard InChI is InChI=1S/C26H19FN2O3S/c1-14-12-15(2)21-19(13-14)33-26(28-21)29-22(16-8-10-18(27)11-9-16)20(24(31)25(29)32)23(30)17-6-4-3-5-7-17/h3-13,22,30H,1-2H3/t22-/m0/s1. The zero-order chi connectivity index (χ0) is 23.3. The molecule has 4 aromatic rings. The molecule has 2 heterocycles. The van der Waals surface area contributed by atoms with Gasteiger partial charge in [0.1, 0.15) is 11.6 Å². The number of carbonyl (C=O) groups is 2. The van der Waals surface area contributed by atoms with E-state index in [1.165, 1.54) is 40.5 Å². The Labute approximate surface area is 193 Å². The van der Waals surface area contributed by atoms with E-state index in [2.05, 4.69) is 4.98 Å². The first-order valence-electron chi connectivity index (χ1n) is 10.3. The zero-order valence-electron chi connectivity index (χ0n) is 17.9. The van der Waals surface area contributed by atoms with Gasteiger partial charge in [-0.25, -0.2) is 9.37 Å². The number of fused-ring (bicyclic) bond motifs is 1. The number of hydrogen-bond donors (Lipinski definition) is 1. The van der Waals surface area contributed by atoms with Crippen LogP contribution in [-0.4, -0.2) is 21.8 Å². The van der Waals surface area contributed by atoms with Gasteiger partial charge in [-0.2, -0.15) is 0 Å². The third kappa shape index (κ3) is 3.50. The predicted molar refractivity (Wildman–Crippen MR) is 127 cm³/mol. The lowest BCUT2D eigenvalue weighted by atomic mass is 9.95. The molecule has 1 saturated heterocycles. The van der Waals surface area contributed by atoms with Crippen LogP contribution in [0.1, 0.15) is 28.3 Å². The molecule has 33 heavy (non-hydrogen) atoms. The SMILES string of the molecule is Cc1cc(C)c2nc(N3C(=O)C(=O)C(=C(O)c4ccccc4)[C@@H]3c3ccc(F)cc3)sc2c1. The molecule has 1 aliphatic rings. The molecule has 1 fully saturated rings. The normalized spacial score (nSPS) is 17.8. The second-order valence-electron chi connectivity index (χ2n) is 8.01. The number of ketones is 1. The Bertz CT molecular complexity index is 1440. The molecule has 0 bridgehead atoms. The number of nitrogens with zero attached hydrogens (tertiary/aromatic N) is 2. The highest BCUT2D eigenvalue weighted by Crippen LogP contribution is 2.44. The summed E-state index contributed by atoms with van der Waals surface area (Å²) in [5.41, 5.74) is 3.65. The number of Topliss-reactive ketones (excluding diaryl/α,β-unsaturated/α-hetero) is 1. The molecule has 0 saturated carbocycles. The van der Waals surface area contributed by atoms with Gasteiger partial charge in [0.25, 0.3) is 5.78 Å². The number of aryl methyl sites for hydroxylation is 2. The number of benzene rings is 3. The van der Waals surface area contributed by atoms with Crippen molar-refractivity contribution in [3.63, 3.8) is 0 Å². The number of aromatic nitrogens is 1. The van der Waals surface area contributed by atoms with Crippen LogP contribution in [-0.2, 0) is 9.59 Å². The molecule has 164 valence electrons. The minimum atomic E-state index is -0.937. The Morgan fingerprint density at radius 3 is 2.42 bits per heavy atom. The van der Waals surface area contributed by atoms with Crippen molar-refractivity contribution in [2.75, 3.05) is 4.90 Å². The molecule has 1 N–H and O–H groups in total. The highest BCUT2D eigenvalue weighted by molar-refractivity contribution is 7.22. The molecular weight excluding hydrogens is 439 g/mol. The fraction of sp³-hybridized carbons (Fsp3) is 0.115. The van der Waals surface area contributed by atoms with E-state index in [9.17, 15) is 19.1 Å². The van der Waals surface area contributed by atoms with Gasteiger partial charge in [0.15, 0.2) is 5.13 Å². The summed E-state index contributed by atoms with van der Waals surface area (Å²) < 4.78 is 14.6. The van der Waals surface area contributed by atoms with Gasteiger partial charge in [0.2, 0.25) is 0 Å². The summed E-state index contributed by atoms with van der Waals surface area (Å²) >= 11 is 1.30. The molecule has 0 spiro atoms. The molecule has 1 amide bonds. The maximum atomic E-state index is 13.7.